The van der Waals surface area contributed by atoms with E-state index in [1.807, 2.05) is 32.0 Å². The summed E-state index contributed by atoms with van der Waals surface area (Å²) in [4.78, 5) is 10.9. The van der Waals surface area contributed by atoms with Crippen LogP contribution in [0.1, 0.15) is 45.9 Å². The van der Waals surface area contributed by atoms with Crippen LogP contribution in [-0.2, 0) is 32.3 Å². The number of hydroxylamine groups is 2. The molecule has 11 heteroatoms. The Kier molecular flexibility index (Phi) is 8.58. The molecule has 1 fully saturated rings. The minimum atomic E-state index is -4.67. The maximum absolute atomic E-state index is 13.4. The van der Waals surface area contributed by atoms with E-state index in [9.17, 15) is 31.6 Å². The van der Waals surface area contributed by atoms with E-state index in [0.717, 1.165) is 34.9 Å². The van der Waals surface area contributed by atoms with Crippen molar-refractivity contribution in [3.63, 3.8) is 0 Å². The van der Waals surface area contributed by atoms with Crippen molar-refractivity contribution < 1.29 is 36.3 Å². The van der Waals surface area contributed by atoms with Crippen molar-refractivity contribution >= 4 is 16.4 Å². The molecule has 0 saturated carbocycles. The van der Waals surface area contributed by atoms with Gasteiger partial charge in [0.1, 0.15) is 5.25 Å². The van der Waals surface area contributed by atoms with Crippen LogP contribution >= 0.6 is 0 Å². The molecule has 1 unspecified atom stereocenters. The molecule has 0 aliphatic carbocycles. The van der Waals surface area contributed by atoms with Crippen molar-refractivity contribution in [1.82, 2.24) is 9.37 Å². The lowest BCUT2D eigenvalue weighted by Crippen LogP contribution is -2.44. The number of amides is 1. The van der Waals surface area contributed by atoms with Crippen LogP contribution in [0.15, 0.2) is 42.5 Å². The number of hydrogen-bond acceptors (Lipinski definition) is 5. The first-order valence-corrected chi connectivity index (χ1v) is 12.7. The number of hydrogen-bond donors (Lipinski definition) is 1. The normalized spacial score (nSPS) is 16.7. The predicted octanol–water partition coefficient (Wildman–Crippen LogP) is 4.22. The number of benzene rings is 2. The fourth-order valence-electron chi connectivity index (χ4n) is 4.10. The summed E-state index contributed by atoms with van der Waals surface area (Å²) in [6.45, 7) is 3.91. The van der Waals surface area contributed by atoms with Gasteiger partial charge in [-0.25, -0.2) is 17.8 Å². The largest absolute Gasteiger partial charge is 0.416 e. The molecule has 0 spiro atoms. The maximum atomic E-state index is 13.4. The minimum absolute atomic E-state index is 0.0173. The summed E-state index contributed by atoms with van der Waals surface area (Å²) in [6, 6.07) is 10.0. The molecule has 1 N–H and O–H groups in total. The van der Waals surface area contributed by atoms with Gasteiger partial charge in [0.15, 0.2) is 0 Å². The van der Waals surface area contributed by atoms with Crippen LogP contribution < -0.4 is 0 Å². The van der Waals surface area contributed by atoms with Crippen LogP contribution in [0, 0.1) is 13.8 Å². The Balaban J connectivity index is 1.73. The van der Waals surface area contributed by atoms with Crippen molar-refractivity contribution in [1.29, 1.82) is 0 Å². The van der Waals surface area contributed by atoms with Gasteiger partial charge in [0.2, 0.25) is 16.4 Å². The molecule has 1 atom stereocenters. The molecule has 1 aliphatic heterocycles. The topological polar surface area (TPSA) is 87.2 Å². The second-order valence-electron chi connectivity index (χ2n) is 8.72. The van der Waals surface area contributed by atoms with Crippen molar-refractivity contribution in [2.75, 3.05) is 19.6 Å². The standard InChI is InChI=1S/C24H29F3N2O5S/c1-17-6-7-18(2)20(12-17)15-34-22-8-10-29(11-9-22)35(32,33)23(14-28(31)16-30)19-4-3-5-21(13-19)24(25,26)27/h3-7,12-13,16,22-23,31H,8-11,14-15H2,1-2H3. The highest BCUT2D eigenvalue weighted by Crippen LogP contribution is 2.34. The summed E-state index contributed by atoms with van der Waals surface area (Å²) in [7, 11) is -4.20. The highest BCUT2D eigenvalue weighted by atomic mass is 32.2. The number of alkyl halides is 3. The molecule has 0 radical (unpaired) electrons. The number of aryl methyl sites for hydroxylation is 2. The van der Waals surface area contributed by atoms with Crippen LogP contribution in [0.2, 0.25) is 0 Å². The third kappa shape index (κ3) is 6.81. The second-order valence-corrected chi connectivity index (χ2v) is 10.8. The Labute approximate surface area is 203 Å². The molecule has 35 heavy (non-hydrogen) atoms. The van der Waals surface area contributed by atoms with E-state index in [-0.39, 0.29) is 36.2 Å². The molecule has 0 bridgehead atoms. The minimum Gasteiger partial charge on any atom is -0.373 e. The lowest BCUT2D eigenvalue weighted by molar-refractivity contribution is -0.149. The number of carbonyl (C=O) groups is 1. The smallest absolute Gasteiger partial charge is 0.373 e. The van der Waals surface area contributed by atoms with E-state index < -0.39 is 33.6 Å². The first kappa shape index (κ1) is 27.1. The Morgan fingerprint density at radius 1 is 1.17 bits per heavy atom. The van der Waals surface area contributed by atoms with E-state index >= 15 is 0 Å². The number of sulfonamides is 1. The highest BCUT2D eigenvalue weighted by molar-refractivity contribution is 7.89. The average Bonchev–Trinajstić information content (AvgIpc) is 2.82. The Morgan fingerprint density at radius 3 is 2.49 bits per heavy atom. The Hall–Kier alpha value is -2.47. The van der Waals surface area contributed by atoms with E-state index in [4.69, 9.17) is 4.74 Å². The Bertz CT molecular complexity index is 1130. The van der Waals surface area contributed by atoms with E-state index in [0.29, 0.717) is 19.4 Å². The van der Waals surface area contributed by atoms with Gasteiger partial charge >= 0.3 is 6.18 Å². The predicted molar refractivity (Wildman–Crippen MR) is 123 cm³/mol. The van der Waals surface area contributed by atoms with E-state index in [2.05, 4.69) is 0 Å². The zero-order chi connectivity index (χ0) is 25.8. The van der Waals surface area contributed by atoms with E-state index in [1.165, 1.54) is 10.4 Å². The molecule has 7 nitrogen and oxygen atoms in total. The number of nitrogens with zero attached hydrogens (tertiary/aromatic N) is 2. The van der Waals surface area contributed by atoms with Crippen molar-refractivity contribution in [3.8, 4) is 0 Å². The van der Waals surface area contributed by atoms with Gasteiger partial charge in [0.25, 0.3) is 0 Å². The van der Waals surface area contributed by atoms with Gasteiger partial charge < -0.3 is 4.74 Å². The van der Waals surface area contributed by atoms with Crippen molar-refractivity contribution in [2.24, 2.45) is 0 Å². The maximum Gasteiger partial charge on any atom is 0.416 e. The van der Waals surface area contributed by atoms with Crippen molar-refractivity contribution in [2.45, 2.75) is 50.8 Å². The summed E-state index contributed by atoms with van der Waals surface area (Å²) < 4.78 is 73.6. The summed E-state index contributed by atoms with van der Waals surface area (Å²) in [5.74, 6) is 0. The molecule has 1 heterocycles. The molecule has 1 aliphatic rings. The summed E-state index contributed by atoms with van der Waals surface area (Å²) >= 11 is 0. The number of ether oxygens (including phenoxy) is 1. The number of carbonyl (C=O) groups excluding carboxylic acids is 1. The summed E-state index contributed by atoms with van der Waals surface area (Å²) in [6.07, 6.45) is -3.99. The number of piperidine rings is 1. The van der Waals surface area contributed by atoms with Crippen molar-refractivity contribution in [3.05, 3.63) is 70.3 Å². The summed E-state index contributed by atoms with van der Waals surface area (Å²) in [5, 5.41) is 8.25. The zero-order valence-corrected chi connectivity index (χ0v) is 20.3. The van der Waals surface area contributed by atoms with Crippen LogP contribution in [0.25, 0.3) is 0 Å². The SMILES string of the molecule is Cc1ccc(C)c(COC2CCN(S(=O)(=O)C(CN(O)C=O)c3cccc(C(F)(F)F)c3)CC2)c1. The van der Waals surface area contributed by atoms with Gasteiger partial charge in [-0.3, -0.25) is 10.0 Å². The molecule has 3 rings (SSSR count). The lowest BCUT2D eigenvalue weighted by atomic mass is 10.1. The van der Waals surface area contributed by atoms with Crippen LogP contribution in [0.3, 0.4) is 0 Å². The molecule has 1 saturated heterocycles. The molecule has 192 valence electrons. The lowest BCUT2D eigenvalue weighted by Gasteiger charge is -2.34. The second kappa shape index (κ2) is 11.1. The zero-order valence-electron chi connectivity index (χ0n) is 19.5. The third-order valence-corrected chi connectivity index (χ3v) is 8.39. The van der Waals surface area contributed by atoms with Gasteiger partial charge in [-0.1, -0.05) is 42.0 Å². The third-order valence-electron chi connectivity index (χ3n) is 6.16. The quantitative estimate of drug-likeness (QED) is 0.308. The van der Waals surface area contributed by atoms with Crippen LogP contribution in [0.4, 0.5) is 13.2 Å². The first-order chi connectivity index (χ1) is 16.4. The average molecular weight is 515 g/mol. The van der Waals surface area contributed by atoms with Gasteiger partial charge in [-0.15, -0.1) is 0 Å². The molecular weight excluding hydrogens is 485 g/mol. The van der Waals surface area contributed by atoms with Crippen LogP contribution in [0.5, 0.6) is 0 Å². The fraction of sp³-hybridized carbons (Fsp3) is 0.458. The first-order valence-electron chi connectivity index (χ1n) is 11.2. The van der Waals surface area contributed by atoms with Crippen LogP contribution in [-0.4, -0.2) is 55.1 Å². The summed E-state index contributed by atoms with van der Waals surface area (Å²) in [5.41, 5.74) is 2.10. The Morgan fingerprint density at radius 2 is 1.86 bits per heavy atom. The molecule has 1 amide bonds. The van der Waals surface area contributed by atoms with Gasteiger partial charge in [0, 0.05) is 13.1 Å². The van der Waals surface area contributed by atoms with E-state index in [1.54, 1.807) is 0 Å². The highest BCUT2D eigenvalue weighted by Gasteiger charge is 2.38. The van der Waals surface area contributed by atoms with Gasteiger partial charge in [0.05, 0.1) is 24.8 Å². The number of halogens is 3. The molecule has 0 aromatic heterocycles. The molecule has 2 aromatic carbocycles. The molecule has 2 aromatic rings. The molecular formula is C24H29F3N2O5S. The fourth-order valence-corrected chi connectivity index (χ4v) is 6.01. The van der Waals surface area contributed by atoms with Gasteiger partial charge in [-0.2, -0.15) is 13.2 Å². The number of rotatable bonds is 9. The monoisotopic (exact) mass is 514 g/mol. The van der Waals surface area contributed by atoms with Gasteiger partial charge in [-0.05, 0) is 49.4 Å².